The molecule has 0 aliphatic heterocycles. The third-order valence-corrected chi connectivity index (χ3v) is 8.03. The Bertz CT molecular complexity index is 1070. The maximum absolute atomic E-state index is 12.8. The van der Waals surface area contributed by atoms with Crippen LogP contribution in [-0.4, -0.2) is 42.3 Å². The summed E-state index contributed by atoms with van der Waals surface area (Å²) < 4.78 is 5.65. The van der Waals surface area contributed by atoms with Crippen LogP contribution in [0.25, 0.3) is 11.1 Å². The lowest BCUT2D eigenvalue weighted by Crippen LogP contribution is -2.46. The van der Waals surface area contributed by atoms with Crippen molar-refractivity contribution in [3.8, 4) is 11.1 Å². The molecule has 3 N–H and O–H groups in total. The number of hydrogen-bond donors (Lipinski definition) is 3. The van der Waals surface area contributed by atoms with Gasteiger partial charge >= 0.3 is 12.1 Å². The lowest BCUT2D eigenvalue weighted by molar-refractivity contribution is -0.145. The number of aliphatic carboxylic acids is 1. The molecule has 0 spiro atoms. The van der Waals surface area contributed by atoms with Gasteiger partial charge in [0.25, 0.3) is 0 Å². The molecule has 0 heterocycles. The van der Waals surface area contributed by atoms with E-state index in [0.29, 0.717) is 12.8 Å². The van der Waals surface area contributed by atoms with E-state index in [2.05, 4.69) is 34.9 Å². The summed E-state index contributed by atoms with van der Waals surface area (Å²) in [5.74, 6) is -1.82. The third kappa shape index (κ3) is 4.77. The van der Waals surface area contributed by atoms with Crippen LogP contribution in [0, 0.1) is 17.8 Å². The number of carbonyl (C=O) groups excluding carboxylic acids is 2. The second-order valence-electron chi connectivity index (χ2n) is 9.99. The Labute approximate surface area is 205 Å². The van der Waals surface area contributed by atoms with Crippen LogP contribution < -0.4 is 10.6 Å². The van der Waals surface area contributed by atoms with Gasteiger partial charge < -0.3 is 20.5 Å². The zero-order chi connectivity index (χ0) is 24.4. The normalized spacial score (nSPS) is 21.9. The highest BCUT2D eigenvalue weighted by Gasteiger charge is 2.37. The Hall–Kier alpha value is -3.35. The molecule has 3 unspecified atom stereocenters. The fraction of sp³-hybridized carbons (Fsp3) is 0.464. The van der Waals surface area contributed by atoms with Gasteiger partial charge in [-0.05, 0) is 53.9 Å². The van der Waals surface area contributed by atoms with Crippen LogP contribution in [0.2, 0.25) is 0 Å². The molecular weight excluding hydrogens is 444 g/mol. The van der Waals surface area contributed by atoms with E-state index in [-0.39, 0.29) is 42.9 Å². The molecule has 2 amide bonds. The molecule has 3 aliphatic carbocycles. The van der Waals surface area contributed by atoms with Gasteiger partial charge in [-0.2, -0.15) is 0 Å². The zero-order valence-corrected chi connectivity index (χ0v) is 19.7. The Morgan fingerprint density at radius 2 is 1.54 bits per heavy atom. The Kier molecular flexibility index (Phi) is 6.75. The topological polar surface area (TPSA) is 105 Å². The molecule has 3 atom stereocenters. The number of carboxylic acids is 1. The number of benzene rings is 2. The summed E-state index contributed by atoms with van der Waals surface area (Å²) in [5.41, 5.74) is 4.65. The smallest absolute Gasteiger partial charge is 0.407 e. The molecule has 2 saturated carbocycles. The second-order valence-corrected chi connectivity index (χ2v) is 9.99. The maximum atomic E-state index is 12.8. The number of ether oxygens (including phenoxy) is 1. The molecule has 7 nitrogen and oxygen atoms in total. The highest BCUT2D eigenvalue weighted by molar-refractivity contribution is 5.82. The van der Waals surface area contributed by atoms with Gasteiger partial charge in [-0.15, -0.1) is 0 Å². The van der Waals surface area contributed by atoms with Crippen molar-refractivity contribution >= 4 is 18.0 Å². The van der Waals surface area contributed by atoms with Crippen molar-refractivity contribution in [2.45, 2.75) is 50.5 Å². The van der Waals surface area contributed by atoms with Gasteiger partial charge in [0, 0.05) is 18.5 Å². The van der Waals surface area contributed by atoms with Gasteiger partial charge in [0.2, 0.25) is 5.91 Å². The molecule has 0 aromatic heterocycles. The van der Waals surface area contributed by atoms with E-state index in [1.807, 2.05) is 24.3 Å². The first-order valence-electron chi connectivity index (χ1n) is 12.6. The van der Waals surface area contributed by atoms with E-state index in [4.69, 9.17) is 4.74 Å². The molecule has 3 aliphatic rings. The molecule has 0 radical (unpaired) electrons. The van der Waals surface area contributed by atoms with E-state index < -0.39 is 18.0 Å². The molecule has 184 valence electrons. The van der Waals surface area contributed by atoms with Gasteiger partial charge in [-0.1, -0.05) is 61.4 Å². The van der Waals surface area contributed by atoms with Crippen LogP contribution in [0.1, 0.15) is 55.6 Å². The number of nitrogens with one attached hydrogen (secondary N) is 2. The number of carboxylic acid groups (broad SMARTS) is 1. The standard InChI is InChI=1S/C28H32N2O5/c31-26(29-15-23(27(32)33)17-7-5-8-17)22-13-6-14-25(22)30-28(34)35-16-24-20-11-3-1-9-18(20)19-10-2-4-12-21(19)24/h1-4,9-12,17,22-25H,5-8,13-16H2,(H,29,31)(H,30,34)(H,32,33). The van der Waals surface area contributed by atoms with Crippen LogP contribution in [0.3, 0.4) is 0 Å². The van der Waals surface area contributed by atoms with Crippen LogP contribution in [0.4, 0.5) is 4.79 Å². The van der Waals surface area contributed by atoms with Gasteiger partial charge in [-0.3, -0.25) is 9.59 Å². The summed E-state index contributed by atoms with van der Waals surface area (Å²) in [5, 5.41) is 15.2. The first kappa shape index (κ1) is 23.4. The predicted octanol–water partition coefficient (Wildman–Crippen LogP) is 4.31. The minimum Gasteiger partial charge on any atom is -0.481 e. The number of hydrogen-bond acceptors (Lipinski definition) is 4. The van der Waals surface area contributed by atoms with Crippen molar-refractivity contribution in [1.29, 1.82) is 0 Å². The first-order valence-corrected chi connectivity index (χ1v) is 12.6. The van der Waals surface area contributed by atoms with Crippen molar-refractivity contribution in [3.05, 3.63) is 59.7 Å². The Morgan fingerprint density at radius 3 is 2.14 bits per heavy atom. The lowest BCUT2D eigenvalue weighted by atomic mass is 9.76. The van der Waals surface area contributed by atoms with Crippen LogP contribution in [0.5, 0.6) is 0 Å². The zero-order valence-electron chi connectivity index (χ0n) is 19.7. The summed E-state index contributed by atoms with van der Waals surface area (Å²) in [6.45, 7) is 0.373. The van der Waals surface area contributed by atoms with Gasteiger partial charge in [0.1, 0.15) is 6.61 Å². The van der Waals surface area contributed by atoms with Crippen molar-refractivity contribution in [2.75, 3.05) is 13.2 Å². The van der Waals surface area contributed by atoms with Crippen molar-refractivity contribution in [1.82, 2.24) is 10.6 Å². The van der Waals surface area contributed by atoms with Crippen molar-refractivity contribution in [3.63, 3.8) is 0 Å². The van der Waals surface area contributed by atoms with E-state index in [1.54, 1.807) is 0 Å². The van der Waals surface area contributed by atoms with E-state index in [9.17, 15) is 19.5 Å². The van der Waals surface area contributed by atoms with E-state index >= 15 is 0 Å². The van der Waals surface area contributed by atoms with Crippen molar-refractivity contribution < 1.29 is 24.2 Å². The fourth-order valence-corrected chi connectivity index (χ4v) is 5.88. The number of amides is 2. The molecule has 0 saturated heterocycles. The average molecular weight is 477 g/mol. The summed E-state index contributed by atoms with van der Waals surface area (Å²) >= 11 is 0. The monoisotopic (exact) mass is 476 g/mol. The summed E-state index contributed by atoms with van der Waals surface area (Å²) in [6.07, 6.45) is 4.54. The van der Waals surface area contributed by atoms with Crippen LogP contribution >= 0.6 is 0 Å². The number of carbonyl (C=O) groups is 3. The number of fused-ring (bicyclic) bond motifs is 3. The van der Waals surface area contributed by atoms with Crippen LogP contribution in [0.15, 0.2) is 48.5 Å². The summed E-state index contributed by atoms with van der Waals surface area (Å²) in [7, 11) is 0. The SMILES string of the molecule is O=C(NC1CCCC1C(=O)NCC(C(=O)O)C1CCC1)OCC1c2ccccc2-c2ccccc21. The second kappa shape index (κ2) is 10.1. The van der Waals surface area contributed by atoms with Gasteiger partial charge in [-0.25, -0.2) is 4.79 Å². The highest BCUT2D eigenvalue weighted by Crippen LogP contribution is 2.44. The molecule has 5 rings (SSSR count). The minimum absolute atomic E-state index is 0.0183. The minimum atomic E-state index is -0.852. The van der Waals surface area contributed by atoms with Crippen LogP contribution in [-0.2, 0) is 14.3 Å². The third-order valence-electron chi connectivity index (χ3n) is 8.03. The molecule has 2 aromatic carbocycles. The van der Waals surface area contributed by atoms with E-state index in [1.165, 1.54) is 11.1 Å². The Balaban J connectivity index is 1.16. The first-order chi connectivity index (χ1) is 17.0. The quantitative estimate of drug-likeness (QED) is 0.527. The van der Waals surface area contributed by atoms with Gasteiger partial charge in [0.05, 0.1) is 11.8 Å². The number of alkyl carbamates (subject to hydrolysis) is 1. The Morgan fingerprint density at radius 1 is 0.914 bits per heavy atom. The van der Waals surface area contributed by atoms with Crippen molar-refractivity contribution in [2.24, 2.45) is 17.8 Å². The number of rotatable bonds is 8. The molecule has 2 aromatic rings. The summed E-state index contributed by atoms with van der Waals surface area (Å²) in [4.78, 5) is 37.1. The molecular formula is C28H32N2O5. The van der Waals surface area contributed by atoms with Gasteiger partial charge in [0.15, 0.2) is 0 Å². The predicted molar refractivity (Wildman–Crippen MR) is 131 cm³/mol. The summed E-state index contributed by atoms with van der Waals surface area (Å²) in [6, 6.07) is 16.1. The van der Waals surface area contributed by atoms with E-state index in [0.717, 1.165) is 36.8 Å². The lowest BCUT2D eigenvalue weighted by Gasteiger charge is -2.31. The molecule has 7 heteroatoms. The highest BCUT2D eigenvalue weighted by atomic mass is 16.5. The average Bonchev–Trinajstić information content (AvgIpc) is 3.41. The molecule has 35 heavy (non-hydrogen) atoms. The maximum Gasteiger partial charge on any atom is 0.407 e. The largest absolute Gasteiger partial charge is 0.481 e. The fourth-order valence-electron chi connectivity index (χ4n) is 5.88. The molecule has 0 bridgehead atoms. The molecule has 2 fully saturated rings.